The summed E-state index contributed by atoms with van der Waals surface area (Å²) in [4.78, 5) is 36.9. The molecule has 176 valence electrons. The fourth-order valence-electron chi connectivity index (χ4n) is 3.60. The minimum atomic E-state index is -0.260. The van der Waals surface area contributed by atoms with Crippen LogP contribution in [-0.2, 0) is 30.8 Å². The Morgan fingerprint density at radius 2 is 1.58 bits per heavy atom. The molecule has 1 aromatic heterocycles. The number of hydrogen-bond acceptors (Lipinski definition) is 4. The van der Waals surface area contributed by atoms with Crippen LogP contribution in [0, 0.1) is 5.92 Å². The number of aromatic nitrogens is 2. The summed E-state index contributed by atoms with van der Waals surface area (Å²) in [6.07, 6.45) is 1.03. The van der Waals surface area contributed by atoms with Crippen molar-refractivity contribution in [2.75, 3.05) is 4.43 Å². The zero-order chi connectivity index (χ0) is 24.0. The van der Waals surface area contributed by atoms with Crippen molar-refractivity contribution >= 4 is 40.0 Å². The second-order valence-electron chi connectivity index (χ2n) is 8.61. The number of hydrogen-bond donors (Lipinski definition) is 1. The molecule has 0 radical (unpaired) electrons. The van der Waals surface area contributed by atoms with Gasteiger partial charge in [0, 0.05) is 29.0 Å². The highest BCUT2D eigenvalue weighted by Crippen LogP contribution is 2.18. The Morgan fingerprint density at radius 3 is 2.18 bits per heavy atom. The van der Waals surface area contributed by atoms with E-state index in [1.54, 1.807) is 0 Å². The Kier molecular flexibility index (Phi) is 9.08. The van der Waals surface area contributed by atoms with Gasteiger partial charge >= 0.3 is 10.6 Å². The van der Waals surface area contributed by atoms with Crippen molar-refractivity contribution in [3.8, 4) is 0 Å². The second kappa shape index (κ2) is 11.8. The lowest BCUT2D eigenvalue weighted by Gasteiger charge is -2.14. The number of nitrogens with one attached hydrogen (secondary N) is 1. The van der Waals surface area contributed by atoms with Crippen molar-refractivity contribution < 1.29 is 4.79 Å². The van der Waals surface area contributed by atoms with Crippen LogP contribution in [0.5, 0.6) is 0 Å². The molecule has 1 atom stereocenters. The lowest BCUT2D eigenvalue weighted by molar-refractivity contribution is -0.122. The van der Waals surface area contributed by atoms with Crippen molar-refractivity contribution in [1.82, 2.24) is 13.8 Å². The van der Waals surface area contributed by atoms with Gasteiger partial charge in [0.25, 0.3) is 0 Å². The number of carbonyl (C=O) groups is 1. The molecule has 1 heterocycles. The van der Waals surface area contributed by atoms with Gasteiger partial charge in [-0.2, -0.15) is 0 Å². The molecule has 1 amide bonds. The van der Waals surface area contributed by atoms with Crippen LogP contribution in [0.2, 0.25) is 0 Å². The van der Waals surface area contributed by atoms with E-state index < -0.39 is 0 Å². The van der Waals surface area contributed by atoms with Crippen LogP contribution >= 0.6 is 34.1 Å². The maximum atomic E-state index is 12.6. The molecule has 33 heavy (non-hydrogen) atoms. The van der Waals surface area contributed by atoms with Gasteiger partial charge in [0.05, 0.1) is 12.5 Å². The molecule has 0 saturated carbocycles. The van der Waals surface area contributed by atoms with Gasteiger partial charge in [0.2, 0.25) is 5.91 Å². The summed E-state index contributed by atoms with van der Waals surface area (Å²) >= 11 is 3.15. The molecule has 0 saturated heterocycles. The molecule has 1 N–H and O–H groups in total. The number of aryl methyl sites for hydroxylation is 1. The van der Waals surface area contributed by atoms with Crippen molar-refractivity contribution in [2.45, 2.75) is 52.7 Å². The fourth-order valence-corrected chi connectivity index (χ4v) is 5.20. The molecule has 0 bridgehead atoms. The van der Waals surface area contributed by atoms with E-state index in [0.717, 1.165) is 39.1 Å². The minimum absolute atomic E-state index is 0.0173. The fraction of sp³-hybridized carbons (Fsp3) is 0.400. The average Bonchev–Trinajstić information content (AvgIpc) is 3.05. The average molecular weight is 580 g/mol. The molecule has 0 aliphatic rings. The summed E-state index contributed by atoms with van der Waals surface area (Å²) in [6.45, 7) is 7.53. The first-order chi connectivity index (χ1) is 15.8. The molecule has 1 unspecified atom stereocenters. The van der Waals surface area contributed by atoms with Crippen molar-refractivity contribution in [2.24, 2.45) is 5.92 Å². The molecular formula is C25H30IN3O3S. The van der Waals surface area contributed by atoms with Crippen LogP contribution in [-0.4, -0.2) is 18.9 Å². The molecule has 0 fully saturated rings. The van der Waals surface area contributed by atoms with Crippen LogP contribution in [0.25, 0.3) is 0 Å². The topological polar surface area (TPSA) is 73.1 Å². The van der Waals surface area contributed by atoms with E-state index in [0.29, 0.717) is 19.0 Å². The molecule has 2 aromatic carbocycles. The highest BCUT2D eigenvalue weighted by molar-refractivity contribution is 14.1. The molecule has 3 rings (SSSR count). The second-order valence-corrected chi connectivity index (χ2v) is 10.7. The Hall–Kier alpha value is -2.20. The van der Waals surface area contributed by atoms with E-state index in [-0.39, 0.29) is 28.9 Å². The molecule has 6 nitrogen and oxygen atoms in total. The quantitative estimate of drug-likeness (QED) is 0.290. The van der Waals surface area contributed by atoms with E-state index in [4.69, 9.17) is 0 Å². The minimum Gasteiger partial charge on any atom is -0.352 e. The summed E-state index contributed by atoms with van der Waals surface area (Å²) in [5.74, 6) is 0.359. The van der Waals surface area contributed by atoms with Crippen molar-refractivity contribution in [1.29, 1.82) is 0 Å². The molecule has 0 spiro atoms. The zero-order valence-corrected chi connectivity index (χ0v) is 22.2. The molecular weight excluding hydrogens is 549 g/mol. The van der Waals surface area contributed by atoms with E-state index in [2.05, 4.69) is 53.9 Å². The van der Waals surface area contributed by atoms with E-state index >= 15 is 0 Å². The number of alkyl halides is 1. The predicted octanol–water partition coefficient (Wildman–Crippen LogP) is 4.17. The largest absolute Gasteiger partial charge is 0.352 e. The summed E-state index contributed by atoms with van der Waals surface area (Å²) in [5.41, 5.74) is 3.87. The SMILES string of the molecule is CC(C)Cc1ccc(C(C)C(=O)NCc2ccc(Cn3c(=O)sn(CCI)c3=O)cc2)cc1. The first kappa shape index (κ1) is 25.4. The van der Waals surface area contributed by atoms with Gasteiger partial charge in [0.1, 0.15) is 0 Å². The normalized spacial score (nSPS) is 12.2. The number of amides is 1. The van der Waals surface area contributed by atoms with Crippen LogP contribution < -0.4 is 15.9 Å². The van der Waals surface area contributed by atoms with Crippen LogP contribution in [0.1, 0.15) is 48.9 Å². The number of nitrogens with zero attached hydrogens (tertiary/aromatic N) is 2. The monoisotopic (exact) mass is 579 g/mol. The summed E-state index contributed by atoms with van der Waals surface area (Å²) in [5, 5.41) is 3.00. The number of rotatable bonds is 10. The first-order valence-electron chi connectivity index (χ1n) is 11.1. The molecule has 3 aromatic rings. The van der Waals surface area contributed by atoms with Gasteiger partial charge in [-0.05, 0) is 41.5 Å². The Balaban J connectivity index is 1.56. The third-order valence-corrected chi connectivity index (χ3v) is 6.91. The van der Waals surface area contributed by atoms with Gasteiger partial charge < -0.3 is 5.32 Å². The zero-order valence-electron chi connectivity index (χ0n) is 19.2. The molecule has 8 heteroatoms. The summed E-state index contributed by atoms with van der Waals surface area (Å²) in [7, 11) is 0. The number of carbonyl (C=O) groups excluding carboxylic acids is 1. The molecule has 0 aliphatic carbocycles. The van der Waals surface area contributed by atoms with Crippen molar-refractivity contribution in [3.63, 3.8) is 0 Å². The van der Waals surface area contributed by atoms with Crippen LogP contribution in [0.3, 0.4) is 0 Å². The summed E-state index contributed by atoms with van der Waals surface area (Å²) in [6, 6.07) is 15.9. The molecule has 0 aliphatic heterocycles. The maximum absolute atomic E-state index is 12.6. The van der Waals surface area contributed by atoms with Crippen LogP contribution in [0.15, 0.2) is 58.1 Å². The third-order valence-electron chi connectivity index (χ3n) is 5.49. The van der Waals surface area contributed by atoms with Crippen molar-refractivity contribution in [3.05, 3.63) is 90.9 Å². The standard InChI is InChI=1S/C25H30IN3O3S/c1-17(2)14-19-8-10-22(11-9-19)18(3)23(30)27-15-20-4-6-21(7-5-20)16-28-24(31)29(13-12-26)33-25(28)32/h4-11,17-18H,12-16H2,1-3H3,(H,27,30). The number of benzene rings is 2. The van der Waals surface area contributed by atoms with Gasteiger partial charge in [-0.25, -0.2) is 13.3 Å². The maximum Gasteiger partial charge on any atom is 0.341 e. The van der Waals surface area contributed by atoms with Gasteiger partial charge in [-0.1, -0.05) is 85.0 Å². The Bertz CT molecular complexity index is 1180. The summed E-state index contributed by atoms with van der Waals surface area (Å²) < 4.78 is 3.54. The van der Waals surface area contributed by atoms with E-state index in [1.807, 2.05) is 43.3 Å². The third kappa shape index (κ3) is 6.89. The lowest BCUT2D eigenvalue weighted by atomic mass is 9.96. The van der Waals surface area contributed by atoms with Gasteiger partial charge in [0.15, 0.2) is 0 Å². The number of halogens is 1. The lowest BCUT2D eigenvalue weighted by Crippen LogP contribution is -2.29. The highest BCUT2D eigenvalue weighted by atomic mass is 127. The van der Waals surface area contributed by atoms with Crippen LogP contribution in [0.4, 0.5) is 0 Å². The Morgan fingerprint density at radius 1 is 0.970 bits per heavy atom. The van der Waals surface area contributed by atoms with E-state index in [9.17, 15) is 14.4 Å². The Labute approximate surface area is 211 Å². The smallest absolute Gasteiger partial charge is 0.341 e. The highest BCUT2D eigenvalue weighted by Gasteiger charge is 2.15. The van der Waals surface area contributed by atoms with Gasteiger partial charge in [-0.15, -0.1) is 0 Å². The van der Waals surface area contributed by atoms with E-state index in [1.165, 1.54) is 14.1 Å². The first-order valence-corrected chi connectivity index (χ1v) is 13.4. The predicted molar refractivity (Wildman–Crippen MR) is 143 cm³/mol. The van der Waals surface area contributed by atoms with Gasteiger partial charge in [-0.3, -0.25) is 9.59 Å².